The summed E-state index contributed by atoms with van der Waals surface area (Å²) in [7, 11) is 3.59. The normalized spacial score (nSPS) is 20.6. The van der Waals surface area contributed by atoms with Crippen molar-refractivity contribution >= 4 is 39.7 Å². The number of carbonyl (C=O) groups excluding carboxylic acids is 2. The molecule has 0 spiro atoms. The molecule has 12 heteroatoms. The summed E-state index contributed by atoms with van der Waals surface area (Å²) in [6.45, 7) is 2.86. The number of amides is 2. The van der Waals surface area contributed by atoms with Gasteiger partial charge in [-0.15, -0.1) is 0 Å². The molecule has 1 aliphatic heterocycles. The molecule has 0 radical (unpaired) electrons. The Kier molecular flexibility index (Phi) is 6.54. The number of anilines is 1. The van der Waals surface area contributed by atoms with Crippen LogP contribution in [0, 0.1) is 11.8 Å². The van der Waals surface area contributed by atoms with Crippen LogP contribution in [0.2, 0.25) is 0 Å². The number of nitrogens with one attached hydrogen (secondary N) is 1. The van der Waals surface area contributed by atoms with E-state index >= 15 is 0 Å². The number of likely N-dealkylation sites (tertiary alicyclic amines) is 1. The van der Waals surface area contributed by atoms with E-state index in [4.69, 9.17) is 20.4 Å². The van der Waals surface area contributed by atoms with E-state index in [0.29, 0.717) is 46.5 Å². The van der Waals surface area contributed by atoms with Gasteiger partial charge in [-0.1, -0.05) is 0 Å². The molecule has 3 fully saturated rings. The SMILES string of the molecule is COc1cc(C(=O)N2CC3CCC2[C@@H]3N)cc2nc(-c3cc4ccc(-c5cnc(NC(C)=O)c(O)c5)nc4n3CC3CC3)n(C)c12. The zero-order valence-electron chi connectivity index (χ0n) is 26.0. The van der Waals surface area contributed by atoms with Crippen molar-refractivity contribution in [2.24, 2.45) is 24.6 Å². The summed E-state index contributed by atoms with van der Waals surface area (Å²) in [6.07, 6.45) is 5.94. The Labute approximate surface area is 265 Å². The van der Waals surface area contributed by atoms with E-state index in [1.165, 1.54) is 6.92 Å². The monoisotopic (exact) mass is 620 g/mol. The second-order valence-corrected chi connectivity index (χ2v) is 12.9. The van der Waals surface area contributed by atoms with Crippen molar-refractivity contribution in [3.05, 3.63) is 48.2 Å². The van der Waals surface area contributed by atoms with Crippen LogP contribution in [0.25, 0.3) is 44.8 Å². The molecular weight excluding hydrogens is 584 g/mol. The van der Waals surface area contributed by atoms with E-state index in [1.807, 2.05) is 40.8 Å². The maximum Gasteiger partial charge on any atom is 0.254 e. The molecule has 1 aromatic carbocycles. The highest BCUT2D eigenvalue weighted by molar-refractivity contribution is 6.00. The summed E-state index contributed by atoms with van der Waals surface area (Å²) in [5.41, 5.74) is 11.5. The molecule has 3 atom stereocenters. The Balaban J connectivity index is 1.21. The van der Waals surface area contributed by atoms with E-state index in [1.54, 1.807) is 19.4 Å². The van der Waals surface area contributed by atoms with E-state index in [-0.39, 0.29) is 35.5 Å². The van der Waals surface area contributed by atoms with E-state index in [2.05, 4.69) is 20.9 Å². The van der Waals surface area contributed by atoms with Crippen molar-refractivity contribution in [1.82, 2.24) is 29.0 Å². The first kappa shape index (κ1) is 28.5. The van der Waals surface area contributed by atoms with Gasteiger partial charge in [0.1, 0.15) is 16.9 Å². The van der Waals surface area contributed by atoms with Crippen LogP contribution in [0.3, 0.4) is 0 Å². The molecule has 2 unspecified atom stereocenters. The Morgan fingerprint density at radius 2 is 1.93 bits per heavy atom. The Morgan fingerprint density at radius 1 is 1.11 bits per heavy atom. The van der Waals surface area contributed by atoms with Crippen molar-refractivity contribution in [3.8, 4) is 34.3 Å². The number of hydrogen-bond acceptors (Lipinski definition) is 8. The van der Waals surface area contributed by atoms with Crippen LogP contribution in [0.15, 0.2) is 42.6 Å². The lowest BCUT2D eigenvalue weighted by Crippen LogP contribution is -2.41. The molecule has 5 aromatic rings. The van der Waals surface area contributed by atoms with Crippen LogP contribution in [0.5, 0.6) is 11.5 Å². The number of imidazole rings is 1. The van der Waals surface area contributed by atoms with E-state index < -0.39 is 0 Å². The third kappa shape index (κ3) is 4.58. The fourth-order valence-corrected chi connectivity index (χ4v) is 7.34. The number of rotatable bonds is 7. The maximum absolute atomic E-state index is 13.7. The summed E-state index contributed by atoms with van der Waals surface area (Å²) < 4.78 is 10.1. The first-order chi connectivity index (χ1) is 22.2. The molecule has 4 N–H and O–H groups in total. The smallest absolute Gasteiger partial charge is 0.254 e. The average molecular weight is 621 g/mol. The molecule has 4 aromatic heterocycles. The highest BCUT2D eigenvalue weighted by atomic mass is 16.5. The highest BCUT2D eigenvalue weighted by Crippen LogP contribution is 2.40. The minimum absolute atomic E-state index is 0.0275. The molecule has 2 saturated carbocycles. The van der Waals surface area contributed by atoms with E-state index in [9.17, 15) is 14.7 Å². The Hall–Kier alpha value is -4.97. The molecule has 1 saturated heterocycles. The second-order valence-electron chi connectivity index (χ2n) is 12.9. The summed E-state index contributed by atoms with van der Waals surface area (Å²) in [6, 6.07) is 11.4. The lowest BCUT2D eigenvalue weighted by Gasteiger charge is -2.27. The predicted molar refractivity (Wildman–Crippen MR) is 173 cm³/mol. The lowest BCUT2D eigenvalue weighted by atomic mass is 10.1. The van der Waals surface area contributed by atoms with Crippen LogP contribution in [-0.2, 0) is 18.4 Å². The van der Waals surface area contributed by atoms with Crippen LogP contribution in [0.1, 0.15) is 43.0 Å². The number of nitrogens with two attached hydrogens (primary N) is 1. The number of nitrogens with zero attached hydrogens (tertiary/aromatic N) is 6. The second kappa shape index (κ2) is 10.5. The molecule has 3 aliphatic rings. The number of piperidine rings is 1. The summed E-state index contributed by atoms with van der Waals surface area (Å²) >= 11 is 0. The molecule has 5 heterocycles. The number of fused-ring (bicyclic) bond motifs is 4. The lowest BCUT2D eigenvalue weighted by molar-refractivity contribution is -0.114. The summed E-state index contributed by atoms with van der Waals surface area (Å²) in [5, 5.41) is 14.0. The number of aromatic nitrogens is 5. The zero-order chi connectivity index (χ0) is 31.9. The van der Waals surface area contributed by atoms with Gasteiger partial charge in [-0.2, -0.15) is 0 Å². The van der Waals surface area contributed by atoms with Gasteiger partial charge in [0.2, 0.25) is 5.91 Å². The summed E-state index contributed by atoms with van der Waals surface area (Å²) in [5.74, 6) is 1.90. The number of benzene rings is 1. The fraction of sp³-hybridized carbons (Fsp3) is 0.382. The van der Waals surface area contributed by atoms with Crippen LogP contribution < -0.4 is 15.8 Å². The van der Waals surface area contributed by atoms with Crippen molar-refractivity contribution in [3.63, 3.8) is 0 Å². The van der Waals surface area contributed by atoms with Gasteiger partial charge in [0.05, 0.1) is 24.0 Å². The minimum Gasteiger partial charge on any atom is -0.504 e. The third-order valence-corrected chi connectivity index (χ3v) is 9.88. The molecule has 236 valence electrons. The van der Waals surface area contributed by atoms with Gasteiger partial charge in [0, 0.05) is 61.9 Å². The third-order valence-electron chi connectivity index (χ3n) is 9.88. The van der Waals surface area contributed by atoms with Gasteiger partial charge >= 0.3 is 0 Å². The molecule has 2 bridgehead atoms. The minimum atomic E-state index is -0.314. The molecule has 2 amide bonds. The largest absolute Gasteiger partial charge is 0.504 e. The topological polar surface area (TPSA) is 153 Å². The molecular formula is C34H36N8O4. The number of hydrogen-bond donors (Lipinski definition) is 3. The van der Waals surface area contributed by atoms with Gasteiger partial charge in [0.15, 0.2) is 17.4 Å². The van der Waals surface area contributed by atoms with Crippen LogP contribution >= 0.6 is 0 Å². The van der Waals surface area contributed by atoms with Crippen LogP contribution in [0.4, 0.5) is 5.82 Å². The van der Waals surface area contributed by atoms with E-state index in [0.717, 1.165) is 60.3 Å². The summed E-state index contributed by atoms with van der Waals surface area (Å²) in [4.78, 5) is 41.5. The molecule has 46 heavy (non-hydrogen) atoms. The first-order valence-electron chi connectivity index (χ1n) is 15.8. The number of aryl methyl sites for hydroxylation is 1. The van der Waals surface area contributed by atoms with Crippen molar-refractivity contribution < 1.29 is 19.4 Å². The standard InChI is InChI=1S/C34H36N8O4/c1-17(43)37-31-27(44)12-22(14-36-31)23-8-6-19-11-26(41(32(19)38-23)15-18-4-5-18)33-39-24-10-21(13-28(46-3)30(24)40(33)2)34(45)42-16-20-7-9-25(42)29(20)35/h6,8,10-14,18,20,25,29,44H,4-5,7,9,15-16,35H2,1-3H3,(H,36,37,43)/t20?,25?,29-/m1/s1. The number of carbonyl (C=O) groups is 2. The number of ether oxygens (including phenoxy) is 1. The number of pyridine rings is 2. The van der Waals surface area contributed by atoms with Gasteiger partial charge in [0.25, 0.3) is 5.91 Å². The first-order valence-corrected chi connectivity index (χ1v) is 15.8. The van der Waals surface area contributed by atoms with Gasteiger partial charge in [-0.3, -0.25) is 9.59 Å². The fourth-order valence-electron chi connectivity index (χ4n) is 7.34. The Bertz CT molecular complexity index is 2060. The van der Waals surface area contributed by atoms with Crippen molar-refractivity contribution in [1.29, 1.82) is 0 Å². The zero-order valence-corrected chi connectivity index (χ0v) is 26.0. The van der Waals surface area contributed by atoms with Gasteiger partial charge < -0.3 is 34.9 Å². The van der Waals surface area contributed by atoms with Crippen molar-refractivity contribution in [2.45, 2.75) is 51.2 Å². The van der Waals surface area contributed by atoms with Crippen molar-refractivity contribution in [2.75, 3.05) is 19.0 Å². The van der Waals surface area contributed by atoms with Crippen LogP contribution in [-0.4, -0.2) is 71.6 Å². The maximum atomic E-state index is 13.7. The van der Waals surface area contributed by atoms with Gasteiger partial charge in [-0.05, 0) is 73.9 Å². The molecule has 12 nitrogen and oxygen atoms in total. The Morgan fingerprint density at radius 3 is 2.61 bits per heavy atom. The highest BCUT2D eigenvalue weighted by Gasteiger charge is 2.47. The predicted octanol–water partition coefficient (Wildman–Crippen LogP) is 4.30. The number of aromatic hydroxyl groups is 1. The molecule has 2 aliphatic carbocycles. The van der Waals surface area contributed by atoms with Gasteiger partial charge in [-0.25, -0.2) is 15.0 Å². The average Bonchev–Trinajstić information content (AvgIpc) is 3.45. The number of methoxy groups -OCH3 is 1. The quantitative estimate of drug-likeness (QED) is 0.244. The molecule has 8 rings (SSSR count).